The Labute approximate surface area is 107 Å². The fraction of sp³-hybridized carbons (Fsp3) is 0.200. The molecule has 0 saturated heterocycles. The van der Waals surface area contributed by atoms with E-state index in [0.717, 1.165) is 5.56 Å². The van der Waals surface area contributed by atoms with Crippen LogP contribution in [0.1, 0.15) is 12.0 Å². The summed E-state index contributed by atoms with van der Waals surface area (Å²) in [5.41, 5.74) is 1.34. The summed E-state index contributed by atoms with van der Waals surface area (Å²) in [5.74, 6) is 6.38. The third-order valence-electron chi connectivity index (χ3n) is 1.90. The van der Waals surface area contributed by atoms with E-state index in [9.17, 15) is 0 Å². The molecule has 0 amide bonds. The van der Waals surface area contributed by atoms with Gasteiger partial charge in [0.15, 0.2) is 0 Å². The van der Waals surface area contributed by atoms with Crippen molar-refractivity contribution in [1.29, 1.82) is 0 Å². The summed E-state index contributed by atoms with van der Waals surface area (Å²) in [7, 11) is 0. The number of hydrogen-bond donors (Lipinski definition) is 1. The molecule has 0 aromatic carbocycles. The van der Waals surface area contributed by atoms with Crippen molar-refractivity contribution in [3.05, 3.63) is 22.2 Å². The fourth-order valence-corrected chi connectivity index (χ4v) is 1.85. The van der Waals surface area contributed by atoms with Crippen molar-refractivity contribution >= 4 is 45.8 Å². The van der Waals surface area contributed by atoms with E-state index in [4.69, 9.17) is 34.8 Å². The van der Waals surface area contributed by atoms with Gasteiger partial charge in [-0.25, -0.2) is 4.98 Å². The van der Waals surface area contributed by atoms with Crippen LogP contribution in [0.5, 0.6) is 0 Å². The van der Waals surface area contributed by atoms with Crippen molar-refractivity contribution in [3.63, 3.8) is 0 Å². The van der Waals surface area contributed by atoms with Crippen LogP contribution in [-0.4, -0.2) is 20.8 Å². The van der Waals surface area contributed by atoms with E-state index in [2.05, 4.69) is 26.8 Å². The van der Waals surface area contributed by atoms with Gasteiger partial charge < -0.3 is 4.98 Å². The molecule has 3 nitrogen and oxygen atoms in total. The number of rotatable bonds is 1. The third-order valence-corrected chi connectivity index (χ3v) is 2.53. The van der Waals surface area contributed by atoms with Gasteiger partial charge in [0.25, 0.3) is 0 Å². The number of aromatic nitrogens is 3. The van der Waals surface area contributed by atoms with Gasteiger partial charge in [0, 0.05) is 18.5 Å². The molecule has 16 heavy (non-hydrogen) atoms. The molecular formula is C10H6Cl3N3. The van der Waals surface area contributed by atoms with E-state index in [1.807, 2.05) is 0 Å². The smallest absolute Gasteiger partial charge is 0.225 e. The highest BCUT2D eigenvalue weighted by molar-refractivity contribution is 6.36. The van der Waals surface area contributed by atoms with Crippen LogP contribution in [0.3, 0.4) is 0 Å². The molecule has 0 aliphatic heterocycles. The van der Waals surface area contributed by atoms with Crippen molar-refractivity contribution < 1.29 is 0 Å². The number of hydrogen-bond acceptors (Lipinski definition) is 2. The number of halogens is 3. The fourth-order valence-electron chi connectivity index (χ4n) is 1.27. The van der Waals surface area contributed by atoms with E-state index >= 15 is 0 Å². The van der Waals surface area contributed by atoms with E-state index < -0.39 is 0 Å². The normalized spacial score (nSPS) is 10.2. The molecule has 2 aromatic heterocycles. The van der Waals surface area contributed by atoms with Crippen LogP contribution in [0.15, 0.2) is 6.20 Å². The molecule has 0 aliphatic rings. The molecule has 0 bridgehead atoms. The van der Waals surface area contributed by atoms with Crippen molar-refractivity contribution in [2.75, 3.05) is 5.88 Å². The number of H-pyrrole nitrogens is 1. The van der Waals surface area contributed by atoms with Crippen molar-refractivity contribution in [2.24, 2.45) is 0 Å². The minimum atomic E-state index is 0.111. The third kappa shape index (κ3) is 2.25. The molecule has 2 heterocycles. The van der Waals surface area contributed by atoms with Crippen LogP contribution in [0.25, 0.3) is 11.0 Å². The molecule has 6 heteroatoms. The molecule has 0 unspecified atom stereocenters. The summed E-state index contributed by atoms with van der Waals surface area (Å²) in [4.78, 5) is 10.8. The van der Waals surface area contributed by atoms with Crippen LogP contribution in [-0.2, 0) is 0 Å². The maximum absolute atomic E-state index is 5.97. The summed E-state index contributed by atoms with van der Waals surface area (Å²) in [6, 6.07) is 0. The van der Waals surface area contributed by atoms with Gasteiger partial charge in [-0.05, 0) is 11.6 Å². The summed E-state index contributed by atoms with van der Waals surface area (Å²) >= 11 is 17.2. The Morgan fingerprint density at radius 1 is 1.31 bits per heavy atom. The Bertz CT molecular complexity index is 580. The summed E-state index contributed by atoms with van der Waals surface area (Å²) < 4.78 is 0. The SMILES string of the molecule is ClCCC#Cc1c[nH]c2nc(Cl)nc(Cl)c12. The minimum absolute atomic E-state index is 0.111. The highest BCUT2D eigenvalue weighted by Gasteiger charge is 2.09. The Balaban J connectivity index is 2.53. The maximum atomic E-state index is 5.97. The highest BCUT2D eigenvalue weighted by Crippen LogP contribution is 2.24. The highest BCUT2D eigenvalue weighted by atomic mass is 35.5. The quantitative estimate of drug-likeness (QED) is 0.375. The van der Waals surface area contributed by atoms with Crippen molar-refractivity contribution in [1.82, 2.24) is 15.0 Å². The number of nitrogens with zero attached hydrogens (tertiary/aromatic N) is 2. The second-order valence-electron chi connectivity index (χ2n) is 2.95. The van der Waals surface area contributed by atoms with Gasteiger partial charge in [-0.3, -0.25) is 0 Å². The van der Waals surface area contributed by atoms with Gasteiger partial charge in [0.1, 0.15) is 10.8 Å². The lowest BCUT2D eigenvalue weighted by molar-refractivity contribution is 1.20. The monoisotopic (exact) mass is 273 g/mol. The predicted octanol–water partition coefficient (Wildman–Crippen LogP) is 3.25. The molecular weight excluding hydrogens is 268 g/mol. The first kappa shape index (κ1) is 11.5. The zero-order valence-electron chi connectivity index (χ0n) is 8.02. The first-order valence-corrected chi connectivity index (χ1v) is 5.76. The van der Waals surface area contributed by atoms with Crippen LogP contribution in [0.2, 0.25) is 10.4 Å². The van der Waals surface area contributed by atoms with Crippen LogP contribution < -0.4 is 0 Å². The van der Waals surface area contributed by atoms with E-state index in [-0.39, 0.29) is 5.28 Å². The van der Waals surface area contributed by atoms with Gasteiger partial charge in [-0.1, -0.05) is 23.4 Å². The number of fused-ring (bicyclic) bond motifs is 1. The van der Waals surface area contributed by atoms with E-state index in [0.29, 0.717) is 28.5 Å². The lowest BCUT2D eigenvalue weighted by Gasteiger charge is -1.94. The standard InChI is InChI=1S/C10H6Cl3N3/c11-4-2-1-3-6-5-14-9-7(6)8(12)15-10(13)16-9/h5H,2,4H2,(H,14,15,16). The Kier molecular flexibility index (Phi) is 3.55. The Hall–Kier alpha value is -0.950. The zero-order chi connectivity index (χ0) is 11.5. The molecule has 2 rings (SSSR count). The average molecular weight is 275 g/mol. The second-order valence-corrected chi connectivity index (χ2v) is 4.02. The molecule has 0 saturated carbocycles. The summed E-state index contributed by atoms with van der Waals surface area (Å²) in [6.07, 6.45) is 2.35. The maximum Gasteiger partial charge on any atom is 0.225 e. The van der Waals surface area contributed by atoms with Crippen LogP contribution in [0, 0.1) is 11.8 Å². The van der Waals surface area contributed by atoms with Crippen molar-refractivity contribution in [2.45, 2.75) is 6.42 Å². The Morgan fingerprint density at radius 2 is 2.12 bits per heavy atom. The molecule has 0 fully saturated rings. The van der Waals surface area contributed by atoms with E-state index in [1.54, 1.807) is 6.20 Å². The lowest BCUT2D eigenvalue weighted by Crippen LogP contribution is -1.85. The molecule has 0 spiro atoms. The van der Waals surface area contributed by atoms with Gasteiger partial charge in [-0.2, -0.15) is 4.98 Å². The van der Waals surface area contributed by atoms with Crippen molar-refractivity contribution in [3.8, 4) is 11.8 Å². The van der Waals surface area contributed by atoms with Gasteiger partial charge in [0.05, 0.1) is 10.9 Å². The number of aromatic amines is 1. The minimum Gasteiger partial charge on any atom is -0.345 e. The topological polar surface area (TPSA) is 41.6 Å². The van der Waals surface area contributed by atoms with Gasteiger partial charge >= 0.3 is 0 Å². The average Bonchev–Trinajstić information content (AvgIpc) is 2.62. The molecule has 2 aromatic rings. The molecule has 0 aliphatic carbocycles. The number of nitrogens with one attached hydrogen (secondary N) is 1. The summed E-state index contributed by atoms with van der Waals surface area (Å²) in [5, 5.41) is 1.10. The van der Waals surface area contributed by atoms with Crippen LogP contribution in [0.4, 0.5) is 0 Å². The Morgan fingerprint density at radius 3 is 2.88 bits per heavy atom. The van der Waals surface area contributed by atoms with Crippen LogP contribution >= 0.6 is 34.8 Å². The molecule has 82 valence electrons. The van der Waals surface area contributed by atoms with E-state index in [1.165, 1.54) is 0 Å². The second kappa shape index (κ2) is 4.92. The predicted molar refractivity (Wildman–Crippen MR) is 66.1 cm³/mol. The molecule has 0 atom stereocenters. The number of alkyl halides is 1. The first-order chi connectivity index (χ1) is 7.72. The first-order valence-electron chi connectivity index (χ1n) is 4.47. The van der Waals surface area contributed by atoms with Gasteiger partial charge in [-0.15, -0.1) is 11.6 Å². The molecule has 0 radical (unpaired) electrons. The largest absolute Gasteiger partial charge is 0.345 e. The summed E-state index contributed by atoms with van der Waals surface area (Å²) in [6.45, 7) is 0. The lowest BCUT2D eigenvalue weighted by atomic mass is 10.2. The van der Waals surface area contributed by atoms with Gasteiger partial charge in [0.2, 0.25) is 5.28 Å². The molecule has 1 N–H and O–H groups in total. The zero-order valence-corrected chi connectivity index (χ0v) is 10.3.